The van der Waals surface area contributed by atoms with E-state index in [4.69, 9.17) is 10.5 Å². The van der Waals surface area contributed by atoms with Crippen molar-refractivity contribution < 1.29 is 4.74 Å². The quantitative estimate of drug-likeness (QED) is 0.920. The summed E-state index contributed by atoms with van der Waals surface area (Å²) in [4.78, 5) is 4.15. The van der Waals surface area contributed by atoms with Crippen molar-refractivity contribution in [1.82, 2.24) is 4.98 Å². The maximum absolute atomic E-state index is 5.79. The van der Waals surface area contributed by atoms with Gasteiger partial charge in [-0.05, 0) is 65.1 Å². The number of rotatable bonds is 5. The van der Waals surface area contributed by atoms with E-state index in [2.05, 4.69) is 33.0 Å². The molecule has 1 aromatic heterocycles. The van der Waals surface area contributed by atoms with Gasteiger partial charge in [0.2, 0.25) is 0 Å². The van der Waals surface area contributed by atoms with Gasteiger partial charge in [-0.15, -0.1) is 0 Å². The van der Waals surface area contributed by atoms with Gasteiger partial charge in [0, 0.05) is 18.0 Å². The molecule has 2 rings (SSSR count). The van der Waals surface area contributed by atoms with E-state index >= 15 is 0 Å². The zero-order valence-electron chi connectivity index (χ0n) is 10.9. The Kier molecular flexibility index (Phi) is 4.93. The van der Waals surface area contributed by atoms with Crippen LogP contribution in [0.25, 0.3) is 0 Å². The molecule has 0 fully saturated rings. The van der Waals surface area contributed by atoms with Gasteiger partial charge in [-0.25, -0.2) is 0 Å². The minimum absolute atomic E-state index is 0.517. The van der Waals surface area contributed by atoms with E-state index in [9.17, 15) is 0 Å². The van der Waals surface area contributed by atoms with Crippen LogP contribution >= 0.6 is 15.9 Å². The van der Waals surface area contributed by atoms with Crippen molar-refractivity contribution in [3.63, 3.8) is 0 Å². The van der Waals surface area contributed by atoms with Crippen LogP contribution in [0.15, 0.2) is 41.1 Å². The van der Waals surface area contributed by atoms with Crippen LogP contribution in [0.5, 0.6) is 5.75 Å². The lowest BCUT2D eigenvalue weighted by molar-refractivity contribution is 0.303. The summed E-state index contributed by atoms with van der Waals surface area (Å²) < 4.78 is 6.75. The smallest absolute Gasteiger partial charge is 0.134 e. The molecule has 0 radical (unpaired) electrons. The Labute approximate surface area is 121 Å². The van der Waals surface area contributed by atoms with Crippen LogP contribution in [0.4, 0.5) is 0 Å². The lowest BCUT2D eigenvalue weighted by atomic mass is 10.1. The van der Waals surface area contributed by atoms with Gasteiger partial charge in [0.05, 0.1) is 4.47 Å². The molecule has 4 heteroatoms. The third-order valence-electron chi connectivity index (χ3n) is 2.76. The molecule has 1 heterocycles. The van der Waals surface area contributed by atoms with Gasteiger partial charge in [0.1, 0.15) is 12.4 Å². The average Bonchev–Trinajstić information content (AvgIpc) is 2.38. The molecule has 19 heavy (non-hydrogen) atoms. The van der Waals surface area contributed by atoms with Gasteiger partial charge in [-0.2, -0.15) is 0 Å². The van der Waals surface area contributed by atoms with Crippen LogP contribution in [-0.4, -0.2) is 11.5 Å². The minimum Gasteiger partial charge on any atom is -0.488 e. The first-order valence-corrected chi connectivity index (χ1v) is 7.00. The Morgan fingerprint density at radius 1 is 1.21 bits per heavy atom. The molecule has 0 amide bonds. The molecule has 0 spiro atoms. The summed E-state index contributed by atoms with van der Waals surface area (Å²) in [5.41, 5.74) is 8.96. The van der Waals surface area contributed by atoms with Crippen LogP contribution in [0.1, 0.15) is 16.7 Å². The summed E-state index contributed by atoms with van der Waals surface area (Å²) in [5.74, 6) is 0.835. The van der Waals surface area contributed by atoms with Crippen LogP contribution < -0.4 is 10.5 Å². The highest BCUT2D eigenvalue weighted by Crippen LogP contribution is 2.27. The van der Waals surface area contributed by atoms with E-state index in [1.54, 1.807) is 0 Å². The zero-order valence-corrected chi connectivity index (χ0v) is 12.5. The predicted octanol–water partition coefficient (Wildman–Crippen LogP) is 3.23. The highest BCUT2D eigenvalue weighted by molar-refractivity contribution is 9.10. The van der Waals surface area contributed by atoms with Gasteiger partial charge >= 0.3 is 0 Å². The van der Waals surface area contributed by atoms with Crippen molar-refractivity contribution >= 4 is 15.9 Å². The van der Waals surface area contributed by atoms with Gasteiger partial charge in [0.15, 0.2) is 0 Å². The number of nitrogens with two attached hydrogens (primary N) is 1. The summed E-state index contributed by atoms with van der Waals surface area (Å²) in [7, 11) is 0. The second kappa shape index (κ2) is 6.68. The summed E-state index contributed by atoms with van der Waals surface area (Å²) in [5, 5.41) is 0. The zero-order chi connectivity index (χ0) is 13.7. The number of benzene rings is 1. The molecule has 0 aliphatic rings. The van der Waals surface area contributed by atoms with Crippen LogP contribution in [0.3, 0.4) is 0 Å². The largest absolute Gasteiger partial charge is 0.488 e. The van der Waals surface area contributed by atoms with Crippen molar-refractivity contribution in [2.45, 2.75) is 20.0 Å². The molecule has 0 unspecified atom stereocenters. The first-order chi connectivity index (χ1) is 9.19. The van der Waals surface area contributed by atoms with Gasteiger partial charge in [-0.1, -0.05) is 6.07 Å². The maximum Gasteiger partial charge on any atom is 0.134 e. The number of hydrogen-bond donors (Lipinski definition) is 1. The lowest BCUT2D eigenvalue weighted by Gasteiger charge is -2.10. The molecule has 0 atom stereocenters. The predicted molar refractivity (Wildman–Crippen MR) is 80.2 cm³/mol. The monoisotopic (exact) mass is 320 g/mol. The summed E-state index contributed by atoms with van der Waals surface area (Å²) >= 11 is 3.52. The molecule has 0 saturated heterocycles. The number of pyridine rings is 1. The normalized spacial score (nSPS) is 10.5. The molecule has 1 aromatic carbocycles. The van der Waals surface area contributed by atoms with E-state index < -0.39 is 0 Å². The Bertz CT molecular complexity index is 558. The molecule has 0 aliphatic heterocycles. The fourth-order valence-corrected chi connectivity index (χ4v) is 2.38. The summed E-state index contributed by atoms with van der Waals surface area (Å²) in [6, 6.07) is 8.14. The number of aryl methyl sites for hydroxylation is 1. The second-order valence-corrected chi connectivity index (χ2v) is 5.32. The minimum atomic E-state index is 0.517. The highest BCUT2D eigenvalue weighted by Gasteiger charge is 2.03. The molecular weight excluding hydrogens is 304 g/mol. The Balaban J connectivity index is 2.03. The van der Waals surface area contributed by atoms with Crippen LogP contribution in [0.2, 0.25) is 0 Å². The number of hydrogen-bond acceptors (Lipinski definition) is 3. The third-order valence-corrected chi connectivity index (χ3v) is 3.37. The molecule has 2 N–H and O–H groups in total. The average molecular weight is 321 g/mol. The fraction of sp³-hybridized carbons (Fsp3) is 0.267. The Morgan fingerprint density at radius 2 is 2.05 bits per heavy atom. The lowest BCUT2D eigenvalue weighted by Crippen LogP contribution is -2.03. The van der Waals surface area contributed by atoms with E-state index in [0.717, 1.165) is 27.8 Å². The van der Waals surface area contributed by atoms with E-state index in [1.807, 2.05) is 31.5 Å². The Morgan fingerprint density at radius 3 is 2.74 bits per heavy atom. The van der Waals surface area contributed by atoms with E-state index in [1.165, 1.54) is 5.56 Å². The standard InChI is InChI=1S/C15H17BrN2O/c1-11-6-13(9-18-8-11)10-19-15-3-2-12(4-5-17)7-14(15)16/h2-3,6-9H,4-5,10,17H2,1H3. The number of aromatic nitrogens is 1. The molecule has 0 aliphatic carbocycles. The number of halogens is 1. The molecule has 3 nitrogen and oxygen atoms in total. The van der Waals surface area contributed by atoms with E-state index in [0.29, 0.717) is 13.2 Å². The van der Waals surface area contributed by atoms with Crippen LogP contribution in [0, 0.1) is 6.92 Å². The second-order valence-electron chi connectivity index (χ2n) is 4.46. The molecular formula is C15H17BrN2O. The third kappa shape index (κ3) is 4.04. The van der Waals surface area contributed by atoms with Crippen LogP contribution in [-0.2, 0) is 13.0 Å². The first-order valence-electron chi connectivity index (χ1n) is 6.21. The molecule has 0 bridgehead atoms. The molecule has 0 saturated carbocycles. The topological polar surface area (TPSA) is 48.1 Å². The molecule has 100 valence electrons. The van der Waals surface area contributed by atoms with Gasteiger partial charge in [-0.3, -0.25) is 4.98 Å². The first kappa shape index (κ1) is 14.0. The van der Waals surface area contributed by atoms with E-state index in [-0.39, 0.29) is 0 Å². The fourth-order valence-electron chi connectivity index (χ4n) is 1.84. The van der Waals surface area contributed by atoms with Crippen molar-refractivity contribution in [3.05, 3.63) is 57.8 Å². The van der Waals surface area contributed by atoms with Gasteiger partial charge in [0.25, 0.3) is 0 Å². The van der Waals surface area contributed by atoms with Gasteiger partial charge < -0.3 is 10.5 Å². The van der Waals surface area contributed by atoms with Crippen molar-refractivity contribution in [2.24, 2.45) is 5.73 Å². The summed E-state index contributed by atoms with van der Waals surface area (Å²) in [6.07, 6.45) is 4.53. The highest BCUT2D eigenvalue weighted by atomic mass is 79.9. The number of nitrogens with zero attached hydrogens (tertiary/aromatic N) is 1. The van der Waals surface area contributed by atoms with Crippen molar-refractivity contribution in [2.75, 3.05) is 6.54 Å². The maximum atomic E-state index is 5.79. The molecule has 2 aromatic rings. The SMILES string of the molecule is Cc1cncc(COc2ccc(CCN)cc2Br)c1. The summed E-state index contributed by atoms with van der Waals surface area (Å²) in [6.45, 7) is 3.19. The Hall–Kier alpha value is -1.39. The van der Waals surface area contributed by atoms with Crippen molar-refractivity contribution in [3.8, 4) is 5.75 Å². The van der Waals surface area contributed by atoms with Crippen molar-refractivity contribution in [1.29, 1.82) is 0 Å². The number of ether oxygens (including phenoxy) is 1.